The van der Waals surface area contributed by atoms with Crippen molar-refractivity contribution in [3.63, 3.8) is 0 Å². The molecule has 6 heteroatoms. The lowest BCUT2D eigenvalue weighted by molar-refractivity contribution is 0.0690. The van der Waals surface area contributed by atoms with Crippen LogP contribution >= 0.6 is 15.9 Å². The molecule has 18 heavy (non-hydrogen) atoms. The number of aromatic nitrogens is 2. The van der Waals surface area contributed by atoms with Gasteiger partial charge in [0.05, 0.1) is 5.69 Å². The molecule has 0 atom stereocenters. The third kappa shape index (κ3) is 2.03. The Morgan fingerprint density at radius 3 is 2.67 bits per heavy atom. The molecule has 0 aliphatic carbocycles. The number of rotatable bonds is 2. The molecular formula is C12H10BrFN2O2. The van der Waals surface area contributed by atoms with E-state index in [1.54, 1.807) is 19.9 Å². The maximum Gasteiger partial charge on any atom is 0.353 e. The van der Waals surface area contributed by atoms with Crippen LogP contribution in [0, 0.1) is 19.7 Å². The summed E-state index contributed by atoms with van der Waals surface area (Å²) >= 11 is 3.34. The van der Waals surface area contributed by atoms with Gasteiger partial charge in [-0.3, -0.25) is 5.10 Å². The first-order chi connectivity index (χ1) is 8.41. The summed E-state index contributed by atoms with van der Waals surface area (Å²) in [6.45, 7) is 3.39. The Kier molecular flexibility index (Phi) is 3.21. The number of nitrogens with zero attached hydrogens (tertiary/aromatic N) is 1. The molecule has 0 aliphatic rings. The number of benzene rings is 1. The Labute approximate surface area is 111 Å². The third-order valence-corrected chi connectivity index (χ3v) is 3.53. The van der Waals surface area contributed by atoms with E-state index in [1.807, 2.05) is 0 Å². The minimum atomic E-state index is -1.13. The van der Waals surface area contributed by atoms with E-state index in [2.05, 4.69) is 26.1 Å². The Morgan fingerprint density at radius 1 is 1.44 bits per heavy atom. The monoisotopic (exact) mass is 312 g/mol. The molecule has 1 aromatic carbocycles. The first-order valence-corrected chi connectivity index (χ1v) is 5.95. The molecule has 0 saturated carbocycles. The fourth-order valence-electron chi connectivity index (χ4n) is 1.71. The smallest absolute Gasteiger partial charge is 0.353 e. The van der Waals surface area contributed by atoms with Gasteiger partial charge in [-0.05, 0) is 37.1 Å². The second-order valence-corrected chi connectivity index (χ2v) is 4.82. The molecule has 0 amide bonds. The van der Waals surface area contributed by atoms with E-state index in [4.69, 9.17) is 5.11 Å². The van der Waals surface area contributed by atoms with Crippen LogP contribution in [0.2, 0.25) is 0 Å². The molecule has 1 heterocycles. The molecule has 0 unspecified atom stereocenters. The van der Waals surface area contributed by atoms with Crippen molar-refractivity contribution in [2.45, 2.75) is 13.8 Å². The molecule has 94 valence electrons. The summed E-state index contributed by atoms with van der Waals surface area (Å²) < 4.78 is 14.9. The third-order valence-electron chi connectivity index (χ3n) is 2.71. The average molecular weight is 313 g/mol. The average Bonchev–Trinajstić information content (AvgIpc) is 2.76. The fraction of sp³-hybridized carbons (Fsp3) is 0.167. The van der Waals surface area contributed by atoms with Crippen molar-refractivity contribution in [3.8, 4) is 11.3 Å². The first-order valence-electron chi connectivity index (χ1n) is 5.16. The Bertz CT molecular complexity index is 611. The zero-order valence-electron chi connectivity index (χ0n) is 9.71. The van der Waals surface area contributed by atoms with Gasteiger partial charge in [0.1, 0.15) is 11.5 Å². The van der Waals surface area contributed by atoms with Gasteiger partial charge < -0.3 is 5.11 Å². The molecule has 1 aromatic heterocycles. The van der Waals surface area contributed by atoms with Crippen molar-refractivity contribution in [1.82, 2.24) is 10.2 Å². The highest BCUT2D eigenvalue weighted by Crippen LogP contribution is 2.32. The number of aryl methyl sites for hydroxylation is 1. The van der Waals surface area contributed by atoms with Gasteiger partial charge >= 0.3 is 5.97 Å². The molecule has 0 aliphatic heterocycles. The molecule has 0 bridgehead atoms. The number of hydrogen-bond donors (Lipinski definition) is 2. The number of aromatic amines is 1. The summed E-state index contributed by atoms with van der Waals surface area (Å²) in [6, 6.07) is 3.00. The normalized spacial score (nSPS) is 10.7. The maximum absolute atomic E-state index is 14.1. The second kappa shape index (κ2) is 4.53. The molecule has 0 saturated heterocycles. The molecule has 0 spiro atoms. The first kappa shape index (κ1) is 12.8. The predicted octanol–water partition coefficient (Wildman–Crippen LogP) is 3.29. The Morgan fingerprint density at radius 2 is 2.11 bits per heavy atom. The van der Waals surface area contributed by atoms with Crippen molar-refractivity contribution >= 4 is 21.9 Å². The predicted molar refractivity (Wildman–Crippen MR) is 68.1 cm³/mol. The number of nitrogens with one attached hydrogen (secondary N) is 1. The summed E-state index contributed by atoms with van der Waals surface area (Å²) in [6.07, 6.45) is 0. The van der Waals surface area contributed by atoms with E-state index in [0.717, 1.165) is 4.47 Å². The molecule has 2 rings (SSSR count). The lowest BCUT2D eigenvalue weighted by atomic mass is 10.0. The second-order valence-electron chi connectivity index (χ2n) is 3.96. The zero-order chi connectivity index (χ0) is 13.4. The molecule has 2 N–H and O–H groups in total. The van der Waals surface area contributed by atoms with Gasteiger partial charge in [-0.2, -0.15) is 5.10 Å². The SMILES string of the molecule is Cc1cc(Br)c(C)c(-c2cc(C(=O)O)[nH]n2)c1F. The molecule has 2 aromatic rings. The standard InChI is InChI=1S/C12H10BrFN2O2/c1-5-3-7(13)6(2)10(11(5)14)8-4-9(12(17)18)16-15-8/h3-4H,1-2H3,(H,15,16)(H,17,18). The van der Waals surface area contributed by atoms with Crippen molar-refractivity contribution in [3.05, 3.63) is 39.2 Å². The van der Waals surface area contributed by atoms with E-state index < -0.39 is 5.97 Å². The lowest BCUT2D eigenvalue weighted by Crippen LogP contribution is -1.95. The van der Waals surface area contributed by atoms with E-state index >= 15 is 0 Å². The van der Waals surface area contributed by atoms with Crippen LogP contribution < -0.4 is 0 Å². The van der Waals surface area contributed by atoms with E-state index in [0.29, 0.717) is 16.7 Å². The van der Waals surface area contributed by atoms with Crippen LogP contribution in [-0.4, -0.2) is 21.3 Å². The molecule has 0 fully saturated rings. The largest absolute Gasteiger partial charge is 0.477 e. The van der Waals surface area contributed by atoms with Crippen molar-refractivity contribution in [2.75, 3.05) is 0 Å². The van der Waals surface area contributed by atoms with Gasteiger partial charge in [0, 0.05) is 10.0 Å². The van der Waals surface area contributed by atoms with Gasteiger partial charge in [-0.25, -0.2) is 9.18 Å². The van der Waals surface area contributed by atoms with Crippen LogP contribution in [0.15, 0.2) is 16.6 Å². The van der Waals surface area contributed by atoms with Crippen molar-refractivity contribution in [2.24, 2.45) is 0 Å². The van der Waals surface area contributed by atoms with Crippen LogP contribution in [0.4, 0.5) is 4.39 Å². The number of carbonyl (C=O) groups is 1. The number of carboxylic acids is 1. The zero-order valence-corrected chi connectivity index (χ0v) is 11.3. The fourth-order valence-corrected chi connectivity index (χ4v) is 2.25. The van der Waals surface area contributed by atoms with Crippen LogP contribution in [-0.2, 0) is 0 Å². The molecule has 4 nitrogen and oxygen atoms in total. The number of carboxylic acid groups (broad SMARTS) is 1. The lowest BCUT2D eigenvalue weighted by Gasteiger charge is -2.09. The highest BCUT2D eigenvalue weighted by Gasteiger charge is 2.18. The minimum absolute atomic E-state index is 0.0681. The van der Waals surface area contributed by atoms with Crippen LogP contribution in [0.1, 0.15) is 21.6 Å². The number of H-pyrrole nitrogens is 1. The van der Waals surface area contributed by atoms with Crippen LogP contribution in [0.5, 0.6) is 0 Å². The summed E-state index contributed by atoms with van der Waals surface area (Å²) in [5, 5.41) is 15.0. The summed E-state index contributed by atoms with van der Waals surface area (Å²) in [5.74, 6) is -1.52. The Hall–Kier alpha value is -1.69. The molecular weight excluding hydrogens is 303 g/mol. The number of halogens is 2. The van der Waals surface area contributed by atoms with E-state index in [1.165, 1.54) is 6.07 Å². The number of hydrogen-bond acceptors (Lipinski definition) is 2. The molecule has 0 radical (unpaired) electrons. The van der Waals surface area contributed by atoms with Crippen LogP contribution in [0.3, 0.4) is 0 Å². The van der Waals surface area contributed by atoms with E-state index in [-0.39, 0.29) is 17.2 Å². The van der Waals surface area contributed by atoms with Crippen molar-refractivity contribution < 1.29 is 14.3 Å². The van der Waals surface area contributed by atoms with E-state index in [9.17, 15) is 9.18 Å². The Balaban J connectivity index is 2.66. The summed E-state index contributed by atoms with van der Waals surface area (Å²) in [7, 11) is 0. The minimum Gasteiger partial charge on any atom is -0.477 e. The van der Waals surface area contributed by atoms with Gasteiger partial charge in [0.25, 0.3) is 0 Å². The summed E-state index contributed by atoms with van der Waals surface area (Å²) in [5.41, 5.74) is 1.68. The van der Waals surface area contributed by atoms with Gasteiger partial charge in [0.15, 0.2) is 0 Å². The van der Waals surface area contributed by atoms with Gasteiger partial charge in [-0.1, -0.05) is 15.9 Å². The highest BCUT2D eigenvalue weighted by atomic mass is 79.9. The quantitative estimate of drug-likeness (QED) is 0.894. The van der Waals surface area contributed by atoms with Gasteiger partial charge in [0.2, 0.25) is 0 Å². The number of aromatic carboxylic acids is 1. The van der Waals surface area contributed by atoms with Crippen LogP contribution in [0.25, 0.3) is 11.3 Å². The van der Waals surface area contributed by atoms with Gasteiger partial charge in [-0.15, -0.1) is 0 Å². The maximum atomic E-state index is 14.1. The topological polar surface area (TPSA) is 66.0 Å². The highest BCUT2D eigenvalue weighted by molar-refractivity contribution is 9.10. The van der Waals surface area contributed by atoms with Crippen molar-refractivity contribution in [1.29, 1.82) is 0 Å². The summed E-state index contributed by atoms with van der Waals surface area (Å²) in [4.78, 5) is 10.8.